The van der Waals surface area contributed by atoms with Gasteiger partial charge in [0.2, 0.25) is 10.0 Å². The minimum atomic E-state index is -3.35. The molecule has 1 aliphatic carbocycles. The third kappa shape index (κ3) is 4.04. The molecule has 0 aliphatic heterocycles. The molecular formula is C15H24N2O2S. The predicted molar refractivity (Wildman–Crippen MR) is 80.9 cm³/mol. The summed E-state index contributed by atoms with van der Waals surface area (Å²) in [4.78, 5) is 0.360. The number of rotatable bonds is 8. The van der Waals surface area contributed by atoms with E-state index in [9.17, 15) is 8.42 Å². The quantitative estimate of drug-likeness (QED) is 0.724. The Labute approximate surface area is 122 Å². The Morgan fingerprint density at radius 1 is 1.20 bits per heavy atom. The molecule has 0 spiro atoms. The van der Waals surface area contributed by atoms with Gasteiger partial charge in [-0.1, -0.05) is 32.4 Å². The smallest absolute Gasteiger partial charge is 0.240 e. The molecule has 1 aliphatic rings. The number of benzene rings is 1. The molecule has 112 valence electrons. The first-order valence-corrected chi connectivity index (χ1v) is 8.87. The molecule has 1 aromatic rings. The number of nitrogens with one attached hydrogen (secondary N) is 2. The summed E-state index contributed by atoms with van der Waals surface area (Å²) in [6, 6.07) is 7.27. The Bertz CT molecular complexity index is 525. The SMILES string of the molecule is CCCNCc1ccc(S(=O)(=O)NC2CC2CC)cc1. The van der Waals surface area contributed by atoms with Crippen molar-refractivity contribution in [2.24, 2.45) is 5.92 Å². The summed E-state index contributed by atoms with van der Waals surface area (Å²) in [6.45, 7) is 5.97. The van der Waals surface area contributed by atoms with Gasteiger partial charge >= 0.3 is 0 Å². The van der Waals surface area contributed by atoms with Crippen molar-refractivity contribution in [2.45, 2.75) is 50.6 Å². The molecule has 0 bridgehead atoms. The number of hydrogen-bond acceptors (Lipinski definition) is 3. The lowest BCUT2D eigenvalue weighted by atomic mass is 10.2. The van der Waals surface area contributed by atoms with E-state index >= 15 is 0 Å². The number of hydrogen-bond donors (Lipinski definition) is 2. The van der Waals surface area contributed by atoms with Crippen LogP contribution >= 0.6 is 0 Å². The molecule has 0 heterocycles. The van der Waals surface area contributed by atoms with Gasteiger partial charge in [0.25, 0.3) is 0 Å². The lowest BCUT2D eigenvalue weighted by molar-refractivity contribution is 0.576. The van der Waals surface area contributed by atoms with Crippen LogP contribution in [0.2, 0.25) is 0 Å². The Hall–Kier alpha value is -0.910. The summed E-state index contributed by atoms with van der Waals surface area (Å²) in [5.74, 6) is 0.516. The molecule has 0 amide bonds. The van der Waals surface area contributed by atoms with Gasteiger partial charge in [0, 0.05) is 12.6 Å². The molecule has 2 rings (SSSR count). The zero-order valence-corrected chi connectivity index (χ0v) is 13.0. The molecule has 1 fully saturated rings. The normalized spacial score (nSPS) is 21.9. The highest BCUT2D eigenvalue weighted by atomic mass is 32.2. The van der Waals surface area contributed by atoms with Crippen LogP contribution in [0.25, 0.3) is 0 Å². The zero-order chi connectivity index (χ0) is 14.6. The third-order valence-corrected chi connectivity index (χ3v) is 5.25. The van der Waals surface area contributed by atoms with Gasteiger partial charge in [-0.05, 0) is 43.0 Å². The maximum absolute atomic E-state index is 12.2. The van der Waals surface area contributed by atoms with Crippen LogP contribution in [0, 0.1) is 5.92 Å². The summed E-state index contributed by atoms with van der Waals surface area (Å²) in [5, 5.41) is 3.30. The lowest BCUT2D eigenvalue weighted by Gasteiger charge is -2.08. The van der Waals surface area contributed by atoms with Crippen molar-refractivity contribution in [2.75, 3.05) is 6.54 Å². The van der Waals surface area contributed by atoms with Crippen LogP contribution in [0.5, 0.6) is 0 Å². The van der Waals surface area contributed by atoms with E-state index in [0.29, 0.717) is 10.8 Å². The molecule has 0 radical (unpaired) electrons. The summed E-state index contributed by atoms with van der Waals surface area (Å²) in [5.41, 5.74) is 1.11. The average Bonchev–Trinajstić information content (AvgIpc) is 3.17. The first-order valence-electron chi connectivity index (χ1n) is 7.38. The van der Waals surface area contributed by atoms with Crippen molar-refractivity contribution in [3.63, 3.8) is 0 Å². The fraction of sp³-hybridized carbons (Fsp3) is 0.600. The molecule has 2 N–H and O–H groups in total. The summed E-state index contributed by atoms with van der Waals surface area (Å²) in [6.07, 6.45) is 3.10. The van der Waals surface area contributed by atoms with E-state index in [2.05, 4.69) is 23.9 Å². The van der Waals surface area contributed by atoms with E-state index in [0.717, 1.165) is 37.9 Å². The van der Waals surface area contributed by atoms with E-state index in [1.54, 1.807) is 12.1 Å². The second-order valence-corrected chi connectivity index (χ2v) is 7.17. The van der Waals surface area contributed by atoms with Gasteiger partial charge in [-0.3, -0.25) is 0 Å². The minimum Gasteiger partial charge on any atom is -0.313 e. The second kappa shape index (κ2) is 6.70. The van der Waals surface area contributed by atoms with E-state index in [1.807, 2.05) is 12.1 Å². The fourth-order valence-corrected chi connectivity index (χ4v) is 3.62. The Kier molecular flexibility index (Phi) is 5.18. The third-order valence-electron chi connectivity index (χ3n) is 3.74. The zero-order valence-electron chi connectivity index (χ0n) is 12.2. The molecule has 4 nitrogen and oxygen atoms in total. The molecule has 1 aromatic carbocycles. The minimum absolute atomic E-state index is 0.135. The first kappa shape index (κ1) is 15.5. The van der Waals surface area contributed by atoms with Crippen LogP contribution in [-0.4, -0.2) is 21.0 Å². The van der Waals surface area contributed by atoms with E-state index in [1.165, 1.54) is 0 Å². The van der Waals surface area contributed by atoms with Gasteiger partial charge in [-0.15, -0.1) is 0 Å². The van der Waals surface area contributed by atoms with Crippen LogP contribution < -0.4 is 10.0 Å². The lowest BCUT2D eigenvalue weighted by Crippen LogP contribution is -2.27. The second-order valence-electron chi connectivity index (χ2n) is 5.45. The highest BCUT2D eigenvalue weighted by Gasteiger charge is 2.38. The molecule has 1 saturated carbocycles. The van der Waals surface area contributed by atoms with Gasteiger partial charge in [0.05, 0.1) is 4.90 Å². The fourth-order valence-electron chi connectivity index (χ4n) is 2.31. The molecule has 20 heavy (non-hydrogen) atoms. The molecule has 0 saturated heterocycles. The van der Waals surface area contributed by atoms with Crippen LogP contribution in [-0.2, 0) is 16.6 Å². The van der Waals surface area contributed by atoms with Crippen molar-refractivity contribution in [3.05, 3.63) is 29.8 Å². The average molecular weight is 296 g/mol. The number of sulfonamides is 1. The highest BCUT2D eigenvalue weighted by Crippen LogP contribution is 2.34. The topological polar surface area (TPSA) is 58.2 Å². The van der Waals surface area contributed by atoms with Crippen molar-refractivity contribution < 1.29 is 8.42 Å². The Morgan fingerprint density at radius 2 is 1.90 bits per heavy atom. The maximum Gasteiger partial charge on any atom is 0.240 e. The molecule has 0 aromatic heterocycles. The van der Waals surface area contributed by atoms with Gasteiger partial charge in [-0.25, -0.2) is 13.1 Å². The maximum atomic E-state index is 12.2. The standard InChI is InChI=1S/C15H24N2O2S/c1-3-9-16-11-12-5-7-14(8-6-12)20(18,19)17-15-10-13(15)4-2/h5-8,13,15-17H,3-4,9-11H2,1-2H3. The van der Waals surface area contributed by atoms with Crippen molar-refractivity contribution >= 4 is 10.0 Å². The Morgan fingerprint density at radius 3 is 2.45 bits per heavy atom. The predicted octanol–water partition coefficient (Wildman–Crippen LogP) is 2.26. The van der Waals surface area contributed by atoms with Gasteiger partial charge in [0.1, 0.15) is 0 Å². The van der Waals surface area contributed by atoms with Gasteiger partial charge < -0.3 is 5.32 Å². The van der Waals surface area contributed by atoms with E-state index < -0.39 is 10.0 Å². The Balaban J connectivity index is 1.94. The van der Waals surface area contributed by atoms with Crippen molar-refractivity contribution in [3.8, 4) is 0 Å². The monoisotopic (exact) mass is 296 g/mol. The molecule has 2 atom stereocenters. The van der Waals surface area contributed by atoms with E-state index in [-0.39, 0.29) is 6.04 Å². The van der Waals surface area contributed by atoms with Crippen LogP contribution in [0.3, 0.4) is 0 Å². The molecule has 5 heteroatoms. The van der Waals surface area contributed by atoms with E-state index in [4.69, 9.17) is 0 Å². The summed E-state index contributed by atoms with van der Waals surface area (Å²) < 4.78 is 27.2. The largest absolute Gasteiger partial charge is 0.313 e. The van der Waals surface area contributed by atoms with Gasteiger partial charge in [0.15, 0.2) is 0 Å². The van der Waals surface area contributed by atoms with Crippen LogP contribution in [0.4, 0.5) is 0 Å². The van der Waals surface area contributed by atoms with Crippen LogP contribution in [0.1, 0.15) is 38.7 Å². The van der Waals surface area contributed by atoms with Crippen LogP contribution in [0.15, 0.2) is 29.2 Å². The van der Waals surface area contributed by atoms with Crippen molar-refractivity contribution in [1.29, 1.82) is 0 Å². The molecular weight excluding hydrogens is 272 g/mol. The molecule has 2 unspecified atom stereocenters. The summed E-state index contributed by atoms with van der Waals surface area (Å²) >= 11 is 0. The van der Waals surface area contributed by atoms with Crippen molar-refractivity contribution in [1.82, 2.24) is 10.0 Å². The van der Waals surface area contributed by atoms with Gasteiger partial charge in [-0.2, -0.15) is 0 Å². The summed E-state index contributed by atoms with van der Waals surface area (Å²) in [7, 11) is -3.35. The first-order chi connectivity index (χ1) is 9.56. The highest BCUT2D eigenvalue weighted by molar-refractivity contribution is 7.89.